The summed E-state index contributed by atoms with van der Waals surface area (Å²) >= 11 is 13.3. The number of carboxylic acid groups (broad SMARTS) is 1. The number of benzene rings is 2. The number of halogens is 1. The predicted molar refractivity (Wildman–Crippen MR) is 132 cm³/mol. The SMILES string of the molecule is Cc1ccc(C)c(-n2nc(C)c(/C=C3\SC(=S)N(c4ccc(C(=O)O)cc4)C3=O)c2Cl)c1. The van der Waals surface area contributed by atoms with Crippen molar-refractivity contribution in [2.24, 2.45) is 0 Å². The zero-order valence-corrected chi connectivity index (χ0v) is 19.8. The van der Waals surface area contributed by atoms with Gasteiger partial charge < -0.3 is 5.11 Å². The van der Waals surface area contributed by atoms with Crippen molar-refractivity contribution in [3.63, 3.8) is 0 Å². The molecule has 0 saturated carbocycles. The number of amides is 1. The lowest BCUT2D eigenvalue weighted by Crippen LogP contribution is -2.27. The smallest absolute Gasteiger partial charge is 0.335 e. The molecule has 32 heavy (non-hydrogen) atoms. The van der Waals surface area contributed by atoms with Crippen LogP contribution in [0.1, 0.15) is 32.7 Å². The van der Waals surface area contributed by atoms with Crippen LogP contribution in [0.2, 0.25) is 5.15 Å². The van der Waals surface area contributed by atoms with Gasteiger partial charge in [0.05, 0.1) is 27.5 Å². The Morgan fingerprint density at radius 3 is 2.50 bits per heavy atom. The molecule has 4 rings (SSSR count). The van der Waals surface area contributed by atoms with E-state index < -0.39 is 5.97 Å². The number of aromatic carboxylic acids is 1. The van der Waals surface area contributed by atoms with Crippen LogP contribution in [0.4, 0.5) is 5.69 Å². The zero-order valence-electron chi connectivity index (χ0n) is 17.4. The molecule has 1 saturated heterocycles. The topological polar surface area (TPSA) is 75.4 Å². The molecule has 0 spiro atoms. The van der Waals surface area contributed by atoms with Gasteiger partial charge in [0.1, 0.15) is 5.15 Å². The highest BCUT2D eigenvalue weighted by molar-refractivity contribution is 8.27. The monoisotopic (exact) mass is 483 g/mol. The molecule has 9 heteroatoms. The summed E-state index contributed by atoms with van der Waals surface area (Å²) in [4.78, 5) is 26.0. The van der Waals surface area contributed by atoms with Crippen molar-refractivity contribution in [3.8, 4) is 5.69 Å². The molecule has 1 aliphatic heterocycles. The van der Waals surface area contributed by atoms with Crippen LogP contribution < -0.4 is 4.90 Å². The summed E-state index contributed by atoms with van der Waals surface area (Å²) in [5.74, 6) is -1.33. The molecule has 0 bridgehead atoms. The van der Waals surface area contributed by atoms with Crippen molar-refractivity contribution in [1.82, 2.24) is 9.78 Å². The van der Waals surface area contributed by atoms with Crippen LogP contribution in [-0.2, 0) is 4.79 Å². The van der Waals surface area contributed by atoms with E-state index in [0.717, 1.165) is 16.8 Å². The van der Waals surface area contributed by atoms with Crippen molar-refractivity contribution in [2.75, 3.05) is 4.90 Å². The van der Waals surface area contributed by atoms with Gasteiger partial charge in [-0.05, 0) is 68.3 Å². The van der Waals surface area contributed by atoms with Crippen LogP contribution >= 0.6 is 35.6 Å². The Morgan fingerprint density at radius 2 is 1.84 bits per heavy atom. The fraction of sp³-hybridized carbons (Fsp3) is 0.130. The van der Waals surface area contributed by atoms with E-state index >= 15 is 0 Å². The largest absolute Gasteiger partial charge is 0.478 e. The minimum absolute atomic E-state index is 0.135. The van der Waals surface area contributed by atoms with Crippen molar-refractivity contribution in [1.29, 1.82) is 0 Å². The molecule has 1 aliphatic rings. The highest BCUT2D eigenvalue weighted by atomic mass is 35.5. The van der Waals surface area contributed by atoms with E-state index in [2.05, 4.69) is 5.10 Å². The molecular weight excluding hydrogens is 466 g/mol. The zero-order chi connectivity index (χ0) is 23.2. The molecule has 162 valence electrons. The van der Waals surface area contributed by atoms with Crippen molar-refractivity contribution >= 4 is 63.5 Å². The average molecular weight is 484 g/mol. The van der Waals surface area contributed by atoms with E-state index in [0.29, 0.717) is 31.3 Å². The second-order valence-electron chi connectivity index (χ2n) is 7.36. The summed E-state index contributed by atoms with van der Waals surface area (Å²) < 4.78 is 2.04. The molecule has 0 unspecified atom stereocenters. The third kappa shape index (κ3) is 3.97. The first kappa shape index (κ1) is 22.3. The molecule has 3 aromatic rings. The van der Waals surface area contributed by atoms with Gasteiger partial charge in [0, 0.05) is 5.56 Å². The number of thiocarbonyl (C=S) groups is 1. The number of carbonyl (C=O) groups is 2. The minimum atomic E-state index is -1.03. The fourth-order valence-corrected chi connectivity index (χ4v) is 4.96. The van der Waals surface area contributed by atoms with Gasteiger partial charge in [0.15, 0.2) is 4.32 Å². The van der Waals surface area contributed by atoms with Crippen LogP contribution in [0.15, 0.2) is 47.4 Å². The van der Waals surface area contributed by atoms with Gasteiger partial charge in [0.2, 0.25) is 0 Å². The van der Waals surface area contributed by atoms with Crippen LogP contribution in [0, 0.1) is 20.8 Å². The van der Waals surface area contributed by atoms with Crippen LogP contribution in [0.3, 0.4) is 0 Å². The van der Waals surface area contributed by atoms with Gasteiger partial charge in [-0.15, -0.1) is 0 Å². The first-order valence-electron chi connectivity index (χ1n) is 9.61. The van der Waals surface area contributed by atoms with Gasteiger partial charge in [0.25, 0.3) is 5.91 Å². The van der Waals surface area contributed by atoms with Gasteiger partial charge >= 0.3 is 5.97 Å². The van der Waals surface area contributed by atoms with Gasteiger partial charge in [-0.25, -0.2) is 9.48 Å². The first-order chi connectivity index (χ1) is 15.2. The number of hydrogen-bond acceptors (Lipinski definition) is 5. The standard InChI is InChI=1S/C23H18ClN3O3S2/c1-12-4-5-13(2)18(10-12)27-20(24)17(14(3)25-27)11-19-21(28)26(23(31)32-19)16-8-6-15(7-9-16)22(29)30/h4-11H,1-3H3,(H,29,30)/b19-11-. The molecule has 2 aromatic carbocycles. The number of hydrogen-bond donors (Lipinski definition) is 1. The van der Waals surface area contributed by atoms with Crippen molar-refractivity contribution in [2.45, 2.75) is 20.8 Å². The average Bonchev–Trinajstić information content (AvgIpc) is 3.19. The number of carboxylic acids is 1. The van der Waals surface area contributed by atoms with E-state index in [-0.39, 0.29) is 11.5 Å². The van der Waals surface area contributed by atoms with E-state index in [4.69, 9.17) is 28.9 Å². The molecule has 1 amide bonds. The summed E-state index contributed by atoms with van der Waals surface area (Å²) in [7, 11) is 0. The number of nitrogens with zero attached hydrogens (tertiary/aromatic N) is 3. The first-order valence-corrected chi connectivity index (χ1v) is 11.2. The third-order valence-corrected chi connectivity index (χ3v) is 6.75. The normalized spacial score (nSPS) is 15.1. The van der Waals surface area contributed by atoms with Gasteiger partial charge in [-0.1, -0.05) is 47.7 Å². The fourth-order valence-electron chi connectivity index (χ4n) is 3.36. The second kappa shape index (κ2) is 8.54. The molecular formula is C23H18ClN3O3S2. The molecule has 0 aliphatic carbocycles. The van der Waals surface area contributed by atoms with E-state index in [1.807, 2.05) is 39.0 Å². The van der Waals surface area contributed by atoms with Crippen LogP contribution in [0.5, 0.6) is 0 Å². The second-order valence-corrected chi connectivity index (χ2v) is 9.39. The number of carbonyl (C=O) groups excluding carboxylic acids is 1. The summed E-state index contributed by atoms with van der Waals surface area (Å²) in [6, 6.07) is 12.1. The Bertz CT molecular complexity index is 1310. The maximum Gasteiger partial charge on any atom is 0.335 e. The van der Waals surface area contributed by atoms with E-state index in [1.54, 1.807) is 22.9 Å². The van der Waals surface area contributed by atoms with E-state index in [1.165, 1.54) is 28.8 Å². The number of thioether (sulfide) groups is 1. The Hall–Kier alpha value is -2.94. The minimum Gasteiger partial charge on any atom is -0.478 e. The molecule has 1 N–H and O–H groups in total. The Morgan fingerprint density at radius 1 is 1.16 bits per heavy atom. The summed E-state index contributed by atoms with van der Waals surface area (Å²) in [5, 5.41) is 14.1. The number of aryl methyl sites for hydroxylation is 3. The molecule has 1 fully saturated rings. The Labute approximate surface area is 199 Å². The predicted octanol–water partition coefficient (Wildman–Crippen LogP) is 5.55. The highest BCUT2D eigenvalue weighted by Crippen LogP contribution is 2.38. The van der Waals surface area contributed by atoms with Crippen molar-refractivity contribution in [3.05, 3.63) is 80.5 Å². The summed E-state index contributed by atoms with van der Waals surface area (Å²) in [6.07, 6.45) is 1.71. The molecule has 2 heterocycles. The third-order valence-electron chi connectivity index (χ3n) is 5.08. The van der Waals surface area contributed by atoms with E-state index in [9.17, 15) is 9.59 Å². The molecule has 1 aromatic heterocycles. The molecule has 0 atom stereocenters. The Kier molecular flexibility index (Phi) is 5.94. The van der Waals surface area contributed by atoms with Gasteiger partial charge in [-0.3, -0.25) is 9.69 Å². The number of aromatic nitrogens is 2. The maximum absolute atomic E-state index is 13.1. The van der Waals surface area contributed by atoms with Crippen molar-refractivity contribution < 1.29 is 14.7 Å². The summed E-state index contributed by atoms with van der Waals surface area (Å²) in [6.45, 7) is 5.83. The lowest BCUT2D eigenvalue weighted by Gasteiger charge is -2.14. The summed E-state index contributed by atoms with van der Waals surface area (Å²) in [5.41, 5.74) is 4.98. The maximum atomic E-state index is 13.1. The Balaban J connectivity index is 1.70. The number of rotatable bonds is 4. The number of anilines is 1. The highest BCUT2D eigenvalue weighted by Gasteiger charge is 2.34. The van der Waals surface area contributed by atoms with Crippen LogP contribution in [0.25, 0.3) is 11.8 Å². The van der Waals surface area contributed by atoms with Gasteiger partial charge in [-0.2, -0.15) is 5.10 Å². The quantitative estimate of drug-likeness (QED) is 0.387. The molecule has 6 nitrogen and oxygen atoms in total. The molecule has 0 radical (unpaired) electrons. The lowest BCUT2D eigenvalue weighted by atomic mass is 10.1. The lowest BCUT2D eigenvalue weighted by molar-refractivity contribution is -0.113. The van der Waals surface area contributed by atoms with Crippen LogP contribution in [-0.4, -0.2) is 31.1 Å².